The Labute approximate surface area is 125 Å². The summed E-state index contributed by atoms with van der Waals surface area (Å²) in [6, 6.07) is 12.4. The van der Waals surface area contributed by atoms with Gasteiger partial charge in [0.2, 0.25) is 0 Å². The summed E-state index contributed by atoms with van der Waals surface area (Å²) >= 11 is 0. The van der Waals surface area contributed by atoms with E-state index in [0.29, 0.717) is 11.1 Å². The number of hydrogen-bond acceptors (Lipinski definition) is 1. The summed E-state index contributed by atoms with van der Waals surface area (Å²) in [5, 5.41) is 0. The van der Waals surface area contributed by atoms with Crippen molar-refractivity contribution < 1.29 is 9.18 Å². The molecular formula is C19H21FO. The summed E-state index contributed by atoms with van der Waals surface area (Å²) in [5.74, 6) is -0.697. The van der Waals surface area contributed by atoms with E-state index >= 15 is 0 Å². The van der Waals surface area contributed by atoms with Crippen LogP contribution in [-0.4, -0.2) is 5.78 Å². The highest BCUT2D eigenvalue weighted by atomic mass is 19.1. The van der Waals surface area contributed by atoms with Crippen LogP contribution in [0.4, 0.5) is 4.39 Å². The number of hydrogen-bond donors (Lipinski definition) is 0. The van der Waals surface area contributed by atoms with E-state index < -0.39 is 5.82 Å². The maximum absolute atomic E-state index is 14.0. The van der Waals surface area contributed by atoms with Gasteiger partial charge >= 0.3 is 0 Å². The van der Waals surface area contributed by atoms with Gasteiger partial charge < -0.3 is 0 Å². The predicted octanol–water partition coefficient (Wildman–Crippen LogP) is 5.05. The Morgan fingerprint density at radius 2 is 1.71 bits per heavy atom. The molecule has 0 saturated heterocycles. The predicted molar refractivity (Wildman–Crippen MR) is 84.3 cm³/mol. The molecule has 0 amide bonds. The molecule has 2 aromatic carbocycles. The number of aryl methyl sites for hydroxylation is 1. The van der Waals surface area contributed by atoms with E-state index in [1.54, 1.807) is 31.2 Å². The second kappa shape index (κ2) is 5.80. The first-order chi connectivity index (χ1) is 9.86. The first-order valence-corrected chi connectivity index (χ1v) is 7.27. The van der Waals surface area contributed by atoms with Crippen LogP contribution in [0.5, 0.6) is 0 Å². The molecule has 0 bridgehead atoms. The third-order valence-electron chi connectivity index (χ3n) is 4.25. The average molecular weight is 284 g/mol. The van der Waals surface area contributed by atoms with E-state index in [4.69, 9.17) is 0 Å². The molecule has 0 saturated carbocycles. The van der Waals surface area contributed by atoms with Gasteiger partial charge in [-0.25, -0.2) is 4.39 Å². The minimum Gasteiger partial charge on any atom is -0.288 e. The monoisotopic (exact) mass is 284 g/mol. The highest BCUT2D eigenvalue weighted by Crippen LogP contribution is 2.27. The van der Waals surface area contributed by atoms with Crippen molar-refractivity contribution in [1.82, 2.24) is 0 Å². The van der Waals surface area contributed by atoms with E-state index in [2.05, 4.69) is 20.8 Å². The number of rotatable bonds is 4. The van der Waals surface area contributed by atoms with Gasteiger partial charge in [-0.1, -0.05) is 57.2 Å². The third kappa shape index (κ3) is 3.05. The molecule has 2 heteroatoms. The molecular weight excluding hydrogens is 263 g/mol. The first kappa shape index (κ1) is 15.4. The molecule has 0 radical (unpaired) electrons. The zero-order valence-electron chi connectivity index (χ0n) is 13.0. The van der Waals surface area contributed by atoms with Crippen LogP contribution in [0, 0.1) is 12.7 Å². The molecule has 0 heterocycles. The maximum atomic E-state index is 14.0. The molecule has 0 aliphatic heterocycles. The van der Waals surface area contributed by atoms with Crippen molar-refractivity contribution in [3.8, 4) is 0 Å². The summed E-state index contributed by atoms with van der Waals surface area (Å²) in [6.45, 7) is 8.15. The molecule has 0 atom stereocenters. The van der Waals surface area contributed by atoms with Crippen molar-refractivity contribution in [1.29, 1.82) is 0 Å². The first-order valence-electron chi connectivity index (χ1n) is 7.27. The third-order valence-corrected chi connectivity index (χ3v) is 4.25. The van der Waals surface area contributed by atoms with E-state index in [1.807, 2.05) is 12.1 Å². The fourth-order valence-electron chi connectivity index (χ4n) is 2.26. The number of halogens is 1. The van der Waals surface area contributed by atoms with Crippen LogP contribution in [0.1, 0.15) is 54.2 Å². The van der Waals surface area contributed by atoms with Crippen LogP contribution < -0.4 is 0 Å². The largest absolute Gasteiger partial charge is 0.288 e. The Bertz CT molecular complexity index is 654. The molecule has 2 rings (SSSR count). The van der Waals surface area contributed by atoms with Crippen LogP contribution in [0.3, 0.4) is 0 Å². The zero-order valence-corrected chi connectivity index (χ0v) is 13.0. The smallest absolute Gasteiger partial charge is 0.195 e. The van der Waals surface area contributed by atoms with Crippen LogP contribution in [0.25, 0.3) is 0 Å². The van der Waals surface area contributed by atoms with Gasteiger partial charge in [0.25, 0.3) is 0 Å². The SMILES string of the molecule is CCC(C)(C)c1ccc(C(=O)c2cccc(C)c2F)cc1. The van der Waals surface area contributed by atoms with Crippen molar-refractivity contribution in [2.75, 3.05) is 0 Å². The molecule has 1 nitrogen and oxygen atoms in total. The molecule has 0 fully saturated rings. The highest BCUT2D eigenvalue weighted by Gasteiger charge is 2.19. The van der Waals surface area contributed by atoms with Crippen LogP contribution in [0.15, 0.2) is 42.5 Å². The second-order valence-electron chi connectivity index (χ2n) is 6.08. The maximum Gasteiger partial charge on any atom is 0.195 e. The summed E-state index contributed by atoms with van der Waals surface area (Å²) in [7, 11) is 0. The lowest BCUT2D eigenvalue weighted by Gasteiger charge is -2.23. The van der Waals surface area contributed by atoms with Crippen molar-refractivity contribution >= 4 is 5.78 Å². The number of benzene rings is 2. The van der Waals surface area contributed by atoms with Gasteiger partial charge in [-0.2, -0.15) is 0 Å². The summed E-state index contributed by atoms with van der Waals surface area (Å²) < 4.78 is 14.0. The Morgan fingerprint density at radius 3 is 2.29 bits per heavy atom. The molecule has 0 spiro atoms. The zero-order chi connectivity index (χ0) is 15.6. The Morgan fingerprint density at radius 1 is 1.10 bits per heavy atom. The molecule has 0 aliphatic carbocycles. The van der Waals surface area contributed by atoms with E-state index in [1.165, 1.54) is 11.6 Å². The van der Waals surface area contributed by atoms with Crippen molar-refractivity contribution in [2.45, 2.75) is 39.5 Å². The lowest BCUT2D eigenvalue weighted by Crippen LogP contribution is -2.15. The average Bonchev–Trinajstić information content (AvgIpc) is 2.49. The summed E-state index contributed by atoms with van der Waals surface area (Å²) in [4.78, 5) is 12.4. The molecule has 0 unspecified atom stereocenters. The van der Waals surface area contributed by atoms with Gasteiger partial charge in [0.1, 0.15) is 5.82 Å². The van der Waals surface area contributed by atoms with Crippen LogP contribution in [0.2, 0.25) is 0 Å². The summed E-state index contributed by atoms with van der Waals surface area (Å²) in [6.07, 6.45) is 1.02. The standard InChI is InChI=1S/C19H21FO/c1-5-19(3,4)15-11-9-14(10-12-15)18(21)16-8-6-7-13(2)17(16)20/h6-12H,5H2,1-4H3. The van der Waals surface area contributed by atoms with Crippen LogP contribution in [-0.2, 0) is 5.41 Å². The molecule has 21 heavy (non-hydrogen) atoms. The van der Waals surface area contributed by atoms with Crippen molar-refractivity contribution in [2.24, 2.45) is 0 Å². The quantitative estimate of drug-likeness (QED) is 0.718. The minimum absolute atomic E-state index is 0.0795. The van der Waals surface area contributed by atoms with Gasteiger partial charge in [-0.05, 0) is 36.0 Å². The fraction of sp³-hybridized carbons (Fsp3) is 0.316. The Hall–Kier alpha value is -1.96. The second-order valence-corrected chi connectivity index (χ2v) is 6.08. The highest BCUT2D eigenvalue weighted by molar-refractivity contribution is 6.09. The van der Waals surface area contributed by atoms with Gasteiger partial charge in [0.15, 0.2) is 5.78 Å². The van der Waals surface area contributed by atoms with Gasteiger partial charge in [0, 0.05) is 5.56 Å². The number of carbonyl (C=O) groups is 1. The molecule has 110 valence electrons. The molecule has 2 aromatic rings. The fourth-order valence-corrected chi connectivity index (χ4v) is 2.26. The molecule has 0 N–H and O–H groups in total. The van der Waals surface area contributed by atoms with Gasteiger partial charge in [-0.15, -0.1) is 0 Å². The molecule has 0 aromatic heterocycles. The minimum atomic E-state index is -0.430. The van der Waals surface area contributed by atoms with Crippen molar-refractivity contribution in [3.05, 3.63) is 70.5 Å². The lowest BCUT2D eigenvalue weighted by atomic mass is 9.82. The normalized spacial score (nSPS) is 11.5. The van der Waals surface area contributed by atoms with Gasteiger partial charge in [-0.3, -0.25) is 4.79 Å². The van der Waals surface area contributed by atoms with Crippen molar-refractivity contribution in [3.63, 3.8) is 0 Å². The number of carbonyl (C=O) groups excluding carboxylic acids is 1. The van der Waals surface area contributed by atoms with E-state index in [0.717, 1.165) is 6.42 Å². The number of ketones is 1. The van der Waals surface area contributed by atoms with Crippen LogP contribution >= 0.6 is 0 Å². The molecule has 0 aliphatic rings. The Kier molecular flexibility index (Phi) is 4.26. The lowest BCUT2D eigenvalue weighted by molar-refractivity contribution is 0.103. The summed E-state index contributed by atoms with van der Waals surface area (Å²) in [5.41, 5.74) is 2.42. The topological polar surface area (TPSA) is 17.1 Å². The Balaban J connectivity index is 2.35. The van der Waals surface area contributed by atoms with Gasteiger partial charge in [0.05, 0.1) is 5.56 Å². The van der Waals surface area contributed by atoms with E-state index in [-0.39, 0.29) is 16.8 Å². The van der Waals surface area contributed by atoms with E-state index in [9.17, 15) is 9.18 Å².